The maximum absolute atomic E-state index is 5.57. The quantitative estimate of drug-likeness (QED) is 0.696. The van der Waals surface area contributed by atoms with Crippen LogP contribution in [0.1, 0.15) is 50.8 Å². The van der Waals surface area contributed by atoms with Gasteiger partial charge in [0.25, 0.3) is 0 Å². The molecule has 0 bridgehead atoms. The van der Waals surface area contributed by atoms with E-state index in [1.54, 1.807) is 0 Å². The molecular formula is C12H20N2O. The summed E-state index contributed by atoms with van der Waals surface area (Å²) in [4.78, 5) is 0. The largest absolute Gasteiger partial charge is 0.375 e. The first-order chi connectivity index (χ1) is 7.42. The van der Waals surface area contributed by atoms with Gasteiger partial charge in [-0.1, -0.05) is 19.8 Å². The smallest absolute Gasteiger partial charge is 0.0884 e. The van der Waals surface area contributed by atoms with E-state index >= 15 is 0 Å². The topological polar surface area (TPSA) is 27.1 Å². The molecule has 0 spiro atoms. The van der Waals surface area contributed by atoms with Crippen LogP contribution >= 0.6 is 0 Å². The van der Waals surface area contributed by atoms with Crippen LogP contribution in [0, 0.1) is 0 Å². The average molecular weight is 208 g/mol. The number of nitrogens with zero attached hydrogens (tertiary/aromatic N) is 2. The number of hydrogen-bond donors (Lipinski definition) is 0. The third-order valence-electron chi connectivity index (χ3n) is 3.02. The van der Waals surface area contributed by atoms with E-state index in [4.69, 9.17) is 4.74 Å². The van der Waals surface area contributed by atoms with Crippen molar-refractivity contribution in [2.45, 2.75) is 51.7 Å². The Labute approximate surface area is 91.4 Å². The second-order valence-corrected chi connectivity index (χ2v) is 4.26. The molecule has 0 saturated heterocycles. The summed E-state index contributed by atoms with van der Waals surface area (Å²) in [6, 6.07) is 2.70. The van der Waals surface area contributed by atoms with Gasteiger partial charge < -0.3 is 4.74 Å². The Kier molecular flexibility index (Phi) is 3.78. The van der Waals surface area contributed by atoms with Gasteiger partial charge in [-0.25, -0.2) is 0 Å². The summed E-state index contributed by atoms with van der Waals surface area (Å²) in [6.45, 7) is 3.69. The molecule has 1 saturated carbocycles. The van der Waals surface area contributed by atoms with Crippen molar-refractivity contribution in [1.29, 1.82) is 0 Å². The third-order valence-corrected chi connectivity index (χ3v) is 3.02. The van der Waals surface area contributed by atoms with Crippen LogP contribution < -0.4 is 0 Å². The zero-order valence-electron chi connectivity index (χ0n) is 9.48. The molecule has 0 radical (unpaired) electrons. The average Bonchev–Trinajstić information content (AvgIpc) is 2.87. The molecule has 1 aliphatic rings. The first-order valence-corrected chi connectivity index (χ1v) is 6.02. The lowest BCUT2D eigenvalue weighted by Crippen LogP contribution is -2.11. The fraction of sp³-hybridized carbons (Fsp3) is 0.750. The normalized spacial score (nSPS) is 17.4. The lowest BCUT2D eigenvalue weighted by Gasteiger charge is -2.14. The van der Waals surface area contributed by atoms with Crippen LogP contribution in [0.2, 0.25) is 0 Å². The molecule has 0 aliphatic heterocycles. The van der Waals surface area contributed by atoms with Gasteiger partial charge in [0.1, 0.15) is 0 Å². The van der Waals surface area contributed by atoms with Gasteiger partial charge in [0.15, 0.2) is 0 Å². The first kappa shape index (κ1) is 10.7. The summed E-state index contributed by atoms with van der Waals surface area (Å²) in [7, 11) is 0. The van der Waals surface area contributed by atoms with E-state index < -0.39 is 0 Å². The highest BCUT2D eigenvalue weighted by atomic mass is 16.5. The Hall–Kier alpha value is -0.830. The molecule has 0 N–H and O–H groups in total. The van der Waals surface area contributed by atoms with Crippen molar-refractivity contribution in [3.05, 3.63) is 18.0 Å². The Balaban J connectivity index is 1.95. The van der Waals surface area contributed by atoms with Gasteiger partial charge >= 0.3 is 0 Å². The van der Waals surface area contributed by atoms with Gasteiger partial charge in [-0.2, -0.15) is 5.10 Å². The summed E-state index contributed by atoms with van der Waals surface area (Å²) in [6.07, 6.45) is 8.23. The highest BCUT2D eigenvalue weighted by Gasteiger charge is 2.19. The van der Waals surface area contributed by atoms with Gasteiger partial charge in [-0.15, -0.1) is 0 Å². The van der Waals surface area contributed by atoms with Crippen molar-refractivity contribution in [3.63, 3.8) is 0 Å². The van der Waals surface area contributed by atoms with Crippen LogP contribution in [0.15, 0.2) is 12.3 Å². The first-order valence-electron chi connectivity index (χ1n) is 6.02. The van der Waals surface area contributed by atoms with E-state index in [0.717, 1.165) is 13.0 Å². The van der Waals surface area contributed by atoms with E-state index in [-0.39, 0.29) is 0 Å². The maximum Gasteiger partial charge on any atom is 0.0884 e. The van der Waals surface area contributed by atoms with Crippen molar-refractivity contribution in [3.8, 4) is 0 Å². The molecular weight excluding hydrogens is 188 g/mol. The fourth-order valence-corrected chi connectivity index (χ4v) is 2.25. The van der Waals surface area contributed by atoms with Crippen LogP contribution in [0.25, 0.3) is 0 Å². The Morgan fingerprint density at radius 1 is 1.47 bits per heavy atom. The lowest BCUT2D eigenvalue weighted by atomic mass is 10.2. The summed E-state index contributed by atoms with van der Waals surface area (Å²) in [5.41, 5.74) is 1.23. The molecule has 1 aromatic heterocycles. The molecule has 1 heterocycles. The minimum Gasteiger partial charge on any atom is -0.375 e. The molecule has 3 heteroatoms. The Morgan fingerprint density at radius 2 is 2.27 bits per heavy atom. The Bertz CT molecular complexity index is 290. The highest BCUT2D eigenvalue weighted by Crippen LogP contribution is 2.29. The summed E-state index contributed by atoms with van der Waals surface area (Å²) in [5.74, 6) is 0. The van der Waals surface area contributed by atoms with Crippen molar-refractivity contribution >= 4 is 0 Å². The fourth-order valence-electron chi connectivity index (χ4n) is 2.25. The van der Waals surface area contributed by atoms with Gasteiger partial charge in [-0.3, -0.25) is 4.68 Å². The van der Waals surface area contributed by atoms with Gasteiger partial charge in [0.05, 0.1) is 18.3 Å². The standard InChI is InChI=1S/C12H20N2O/c1-2-9-15-10-12-7-8-13-14(12)11-5-3-4-6-11/h7-8,11H,2-6,9-10H2,1H3. The number of hydrogen-bond acceptors (Lipinski definition) is 2. The van der Waals surface area contributed by atoms with Gasteiger partial charge in [-0.05, 0) is 25.3 Å². The molecule has 2 rings (SSSR count). The summed E-state index contributed by atoms with van der Waals surface area (Å²) >= 11 is 0. The van der Waals surface area contributed by atoms with Crippen molar-refractivity contribution in [1.82, 2.24) is 9.78 Å². The molecule has 0 aromatic carbocycles. The zero-order chi connectivity index (χ0) is 10.5. The van der Waals surface area contributed by atoms with Crippen LogP contribution in [-0.4, -0.2) is 16.4 Å². The summed E-state index contributed by atoms with van der Waals surface area (Å²) in [5, 5.41) is 4.41. The minimum atomic E-state index is 0.625. The SMILES string of the molecule is CCCOCc1ccnn1C1CCCC1. The third kappa shape index (κ3) is 2.59. The second-order valence-electron chi connectivity index (χ2n) is 4.26. The van der Waals surface area contributed by atoms with Crippen LogP contribution in [0.3, 0.4) is 0 Å². The van der Waals surface area contributed by atoms with E-state index in [1.807, 2.05) is 6.20 Å². The molecule has 0 unspecified atom stereocenters. The van der Waals surface area contributed by atoms with Crippen molar-refractivity contribution in [2.75, 3.05) is 6.61 Å². The monoisotopic (exact) mass is 208 g/mol. The van der Waals surface area contributed by atoms with Crippen molar-refractivity contribution in [2.24, 2.45) is 0 Å². The molecule has 84 valence electrons. The van der Waals surface area contributed by atoms with E-state index in [1.165, 1.54) is 31.4 Å². The number of aromatic nitrogens is 2. The van der Waals surface area contributed by atoms with Crippen molar-refractivity contribution < 1.29 is 4.74 Å². The van der Waals surface area contributed by atoms with E-state index in [9.17, 15) is 0 Å². The number of rotatable bonds is 5. The predicted molar refractivity (Wildman–Crippen MR) is 59.7 cm³/mol. The molecule has 0 amide bonds. The minimum absolute atomic E-state index is 0.625. The van der Waals surface area contributed by atoms with Crippen LogP contribution in [0.4, 0.5) is 0 Å². The van der Waals surface area contributed by atoms with Gasteiger partial charge in [0.2, 0.25) is 0 Å². The maximum atomic E-state index is 5.57. The highest BCUT2D eigenvalue weighted by molar-refractivity contribution is 5.01. The lowest BCUT2D eigenvalue weighted by molar-refractivity contribution is 0.114. The number of ether oxygens (including phenoxy) is 1. The predicted octanol–water partition coefficient (Wildman–Crippen LogP) is 2.92. The Morgan fingerprint density at radius 3 is 3.00 bits per heavy atom. The van der Waals surface area contributed by atoms with Crippen LogP contribution in [0.5, 0.6) is 0 Å². The molecule has 15 heavy (non-hydrogen) atoms. The van der Waals surface area contributed by atoms with E-state index in [0.29, 0.717) is 12.6 Å². The molecule has 0 atom stereocenters. The van der Waals surface area contributed by atoms with E-state index in [2.05, 4.69) is 22.8 Å². The van der Waals surface area contributed by atoms with Crippen LogP contribution in [-0.2, 0) is 11.3 Å². The summed E-state index contributed by atoms with van der Waals surface area (Å²) < 4.78 is 7.74. The molecule has 1 fully saturated rings. The molecule has 1 aliphatic carbocycles. The van der Waals surface area contributed by atoms with Gasteiger partial charge in [0, 0.05) is 12.8 Å². The molecule has 1 aromatic rings. The zero-order valence-corrected chi connectivity index (χ0v) is 9.48. The second kappa shape index (κ2) is 5.31. The molecule has 3 nitrogen and oxygen atoms in total.